The number of nitrogens with one attached hydrogen (secondary N) is 1. The van der Waals surface area contributed by atoms with Gasteiger partial charge in [-0.2, -0.15) is 0 Å². The molecule has 0 aliphatic carbocycles. The Balaban J connectivity index is 1.93. The highest BCUT2D eigenvalue weighted by molar-refractivity contribution is 5.88. The fourth-order valence-electron chi connectivity index (χ4n) is 1.97. The summed E-state index contributed by atoms with van der Waals surface area (Å²) in [5, 5.41) is 2.91. The van der Waals surface area contributed by atoms with Crippen molar-refractivity contribution < 1.29 is 9.53 Å². The maximum atomic E-state index is 11.5. The van der Waals surface area contributed by atoms with Gasteiger partial charge in [-0.25, -0.2) is 0 Å². The van der Waals surface area contributed by atoms with Crippen molar-refractivity contribution in [3.63, 3.8) is 0 Å². The summed E-state index contributed by atoms with van der Waals surface area (Å²) >= 11 is 0. The van der Waals surface area contributed by atoms with Crippen LogP contribution in [0.2, 0.25) is 0 Å². The van der Waals surface area contributed by atoms with Gasteiger partial charge in [0.1, 0.15) is 0 Å². The summed E-state index contributed by atoms with van der Waals surface area (Å²) in [7, 11) is 0. The highest BCUT2D eigenvalue weighted by Gasteiger charge is 2.46. The van der Waals surface area contributed by atoms with Crippen LogP contribution in [0.15, 0.2) is 30.3 Å². The summed E-state index contributed by atoms with van der Waals surface area (Å²) in [6.07, 6.45) is -0.310. The molecule has 1 heterocycles. The van der Waals surface area contributed by atoms with Crippen LogP contribution in [0, 0.1) is 5.41 Å². The number of benzene rings is 1. The van der Waals surface area contributed by atoms with E-state index < -0.39 is 0 Å². The van der Waals surface area contributed by atoms with Crippen LogP contribution in [0.3, 0.4) is 0 Å². The van der Waals surface area contributed by atoms with Gasteiger partial charge in [-0.3, -0.25) is 4.79 Å². The zero-order chi connectivity index (χ0) is 12.5. The van der Waals surface area contributed by atoms with E-state index in [0.717, 1.165) is 5.56 Å². The topological polar surface area (TPSA) is 38.3 Å². The molecule has 0 bridgehead atoms. The fraction of sp³-hybridized carbons (Fsp3) is 0.500. The maximum absolute atomic E-state index is 11.5. The molecule has 0 aromatic heterocycles. The van der Waals surface area contributed by atoms with Crippen LogP contribution >= 0.6 is 0 Å². The average Bonchev–Trinajstić information content (AvgIpc) is 2.26. The zero-order valence-electron chi connectivity index (χ0n) is 10.6. The number of β-lactam (4-membered cyclic amide) rings is 1. The van der Waals surface area contributed by atoms with E-state index in [1.807, 2.05) is 30.3 Å². The van der Waals surface area contributed by atoms with Gasteiger partial charge >= 0.3 is 0 Å². The highest BCUT2D eigenvalue weighted by atomic mass is 16.5. The van der Waals surface area contributed by atoms with Crippen LogP contribution in [-0.4, -0.2) is 18.1 Å². The molecule has 92 valence electrons. The maximum Gasteiger partial charge on any atom is 0.251 e. The first kappa shape index (κ1) is 12.1. The summed E-state index contributed by atoms with van der Waals surface area (Å²) in [5.41, 5.74) is 1.13. The van der Waals surface area contributed by atoms with Crippen LogP contribution in [-0.2, 0) is 16.1 Å². The minimum Gasteiger partial charge on any atom is -0.362 e. The van der Waals surface area contributed by atoms with Crippen molar-refractivity contribution in [2.75, 3.05) is 0 Å². The molecule has 3 nitrogen and oxygen atoms in total. The Morgan fingerprint density at radius 2 is 1.88 bits per heavy atom. The molecule has 1 saturated heterocycles. The molecular weight excluding hydrogens is 214 g/mol. The third-order valence-electron chi connectivity index (χ3n) is 3.06. The summed E-state index contributed by atoms with van der Waals surface area (Å²) in [6, 6.07) is 10.0. The summed E-state index contributed by atoms with van der Waals surface area (Å²) in [6.45, 7) is 6.81. The normalized spacial score (nSPS) is 24.1. The quantitative estimate of drug-likeness (QED) is 0.812. The number of ether oxygens (including phenoxy) is 1. The molecule has 0 saturated carbocycles. The number of hydrogen-bond acceptors (Lipinski definition) is 2. The van der Waals surface area contributed by atoms with Crippen LogP contribution < -0.4 is 5.32 Å². The van der Waals surface area contributed by atoms with E-state index in [4.69, 9.17) is 4.74 Å². The SMILES string of the molecule is CC(C)(C)C1NC(=O)C1OCc1ccccc1. The van der Waals surface area contributed by atoms with E-state index in [1.54, 1.807) is 0 Å². The van der Waals surface area contributed by atoms with Crippen molar-refractivity contribution in [3.05, 3.63) is 35.9 Å². The molecule has 1 aromatic carbocycles. The average molecular weight is 233 g/mol. The zero-order valence-corrected chi connectivity index (χ0v) is 10.6. The predicted molar refractivity (Wildman–Crippen MR) is 66.4 cm³/mol. The molecule has 1 aliphatic rings. The number of carbonyl (C=O) groups is 1. The molecule has 1 fully saturated rings. The van der Waals surface area contributed by atoms with Gasteiger partial charge in [0.05, 0.1) is 12.6 Å². The van der Waals surface area contributed by atoms with E-state index in [2.05, 4.69) is 26.1 Å². The van der Waals surface area contributed by atoms with E-state index >= 15 is 0 Å². The Morgan fingerprint density at radius 3 is 2.41 bits per heavy atom. The van der Waals surface area contributed by atoms with E-state index in [0.29, 0.717) is 6.61 Å². The molecule has 17 heavy (non-hydrogen) atoms. The largest absolute Gasteiger partial charge is 0.362 e. The lowest BCUT2D eigenvalue weighted by atomic mass is 9.78. The minimum atomic E-state index is -0.310. The third-order valence-corrected chi connectivity index (χ3v) is 3.06. The Kier molecular flexibility index (Phi) is 3.20. The van der Waals surface area contributed by atoms with E-state index in [-0.39, 0.29) is 23.5 Å². The summed E-state index contributed by atoms with van der Waals surface area (Å²) in [5.74, 6) is 0.000793. The minimum absolute atomic E-state index is 0.000793. The van der Waals surface area contributed by atoms with Gasteiger partial charge in [0, 0.05) is 0 Å². The summed E-state index contributed by atoms with van der Waals surface area (Å²) in [4.78, 5) is 11.5. The number of carbonyl (C=O) groups excluding carboxylic acids is 1. The highest BCUT2D eigenvalue weighted by Crippen LogP contribution is 2.29. The monoisotopic (exact) mass is 233 g/mol. The first-order chi connectivity index (χ1) is 7.98. The lowest BCUT2D eigenvalue weighted by Gasteiger charge is -2.44. The second kappa shape index (κ2) is 4.49. The molecular formula is C14H19NO2. The molecule has 1 N–H and O–H groups in total. The lowest BCUT2D eigenvalue weighted by molar-refractivity contribution is -0.155. The lowest BCUT2D eigenvalue weighted by Crippen LogP contribution is -2.68. The van der Waals surface area contributed by atoms with Gasteiger partial charge in [-0.05, 0) is 11.0 Å². The molecule has 1 aromatic rings. The smallest absolute Gasteiger partial charge is 0.251 e. The number of rotatable bonds is 3. The van der Waals surface area contributed by atoms with Crippen LogP contribution in [0.4, 0.5) is 0 Å². The molecule has 2 unspecified atom stereocenters. The number of amides is 1. The molecule has 2 atom stereocenters. The fourth-order valence-corrected chi connectivity index (χ4v) is 1.97. The van der Waals surface area contributed by atoms with Crippen LogP contribution in [0.5, 0.6) is 0 Å². The first-order valence-corrected chi connectivity index (χ1v) is 5.94. The Labute approximate surface area is 102 Å². The van der Waals surface area contributed by atoms with Crippen molar-refractivity contribution in [2.24, 2.45) is 5.41 Å². The first-order valence-electron chi connectivity index (χ1n) is 5.94. The van der Waals surface area contributed by atoms with Gasteiger partial charge in [0.25, 0.3) is 5.91 Å². The predicted octanol–water partition coefficient (Wildman–Crippen LogP) is 2.12. The standard InChI is InChI=1S/C14H19NO2/c1-14(2,3)12-11(13(16)15-12)17-9-10-7-5-4-6-8-10/h4-8,11-12H,9H2,1-3H3,(H,15,16). The van der Waals surface area contributed by atoms with Crippen LogP contribution in [0.25, 0.3) is 0 Å². The van der Waals surface area contributed by atoms with E-state index in [1.165, 1.54) is 0 Å². The molecule has 3 heteroatoms. The van der Waals surface area contributed by atoms with Crippen molar-refractivity contribution >= 4 is 5.91 Å². The second-order valence-corrected chi connectivity index (χ2v) is 5.57. The Hall–Kier alpha value is -1.35. The third kappa shape index (κ3) is 2.67. The molecule has 2 rings (SSSR count). The van der Waals surface area contributed by atoms with Crippen molar-refractivity contribution in [1.29, 1.82) is 0 Å². The van der Waals surface area contributed by atoms with Gasteiger partial charge in [0.15, 0.2) is 6.10 Å². The Bertz CT molecular complexity index is 394. The molecule has 1 amide bonds. The van der Waals surface area contributed by atoms with Gasteiger partial charge in [0.2, 0.25) is 0 Å². The molecule has 0 spiro atoms. The van der Waals surface area contributed by atoms with Crippen molar-refractivity contribution in [1.82, 2.24) is 5.32 Å². The van der Waals surface area contributed by atoms with Crippen LogP contribution in [0.1, 0.15) is 26.3 Å². The van der Waals surface area contributed by atoms with E-state index in [9.17, 15) is 4.79 Å². The van der Waals surface area contributed by atoms with Gasteiger partial charge in [-0.15, -0.1) is 0 Å². The van der Waals surface area contributed by atoms with Crippen molar-refractivity contribution in [3.8, 4) is 0 Å². The molecule has 0 radical (unpaired) electrons. The summed E-state index contributed by atoms with van der Waals surface area (Å²) < 4.78 is 5.70. The Morgan fingerprint density at radius 1 is 1.24 bits per heavy atom. The number of hydrogen-bond donors (Lipinski definition) is 1. The second-order valence-electron chi connectivity index (χ2n) is 5.57. The van der Waals surface area contributed by atoms with Gasteiger partial charge < -0.3 is 10.1 Å². The van der Waals surface area contributed by atoms with Crippen molar-refractivity contribution in [2.45, 2.75) is 39.5 Å². The molecule has 1 aliphatic heterocycles. The van der Waals surface area contributed by atoms with Gasteiger partial charge in [-0.1, -0.05) is 51.1 Å².